The first kappa shape index (κ1) is 13.1. The average Bonchev–Trinajstić information content (AvgIpc) is 2.88. The fourth-order valence-corrected chi connectivity index (χ4v) is 4.32. The van der Waals surface area contributed by atoms with Crippen molar-refractivity contribution < 1.29 is 9.47 Å². The lowest BCUT2D eigenvalue weighted by Crippen LogP contribution is -2.44. The van der Waals surface area contributed by atoms with Crippen LogP contribution in [0.4, 0.5) is 5.69 Å². The highest BCUT2D eigenvalue weighted by atomic mass is 32.2. The van der Waals surface area contributed by atoms with Gasteiger partial charge in [-0.3, -0.25) is 0 Å². The van der Waals surface area contributed by atoms with Crippen molar-refractivity contribution in [3.63, 3.8) is 0 Å². The van der Waals surface area contributed by atoms with Gasteiger partial charge in [-0.2, -0.15) is 11.8 Å². The normalized spacial score (nSPS) is 30.5. The first-order valence-corrected chi connectivity index (χ1v) is 8.07. The summed E-state index contributed by atoms with van der Waals surface area (Å²) in [5.41, 5.74) is 1.32. The molecular formula is C15H21NO2S. The minimum atomic E-state index is 0.146. The molecule has 1 aromatic rings. The molecule has 2 aliphatic heterocycles. The Balaban J connectivity index is 1.62. The quantitative estimate of drug-likeness (QED) is 0.920. The second kappa shape index (κ2) is 5.63. The van der Waals surface area contributed by atoms with Crippen LogP contribution in [0.1, 0.15) is 19.3 Å². The van der Waals surface area contributed by atoms with Crippen molar-refractivity contribution in [1.82, 2.24) is 0 Å². The molecule has 104 valence electrons. The molecule has 0 aliphatic carbocycles. The number of methoxy groups -OCH3 is 1. The highest BCUT2D eigenvalue weighted by molar-refractivity contribution is 7.99. The Hall–Kier alpha value is -0.870. The van der Waals surface area contributed by atoms with Gasteiger partial charge in [0.1, 0.15) is 5.75 Å². The number of anilines is 1. The fourth-order valence-electron chi connectivity index (χ4n) is 2.94. The molecule has 1 spiro atoms. The van der Waals surface area contributed by atoms with Gasteiger partial charge in [0.15, 0.2) is 0 Å². The molecule has 2 unspecified atom stereocenters. The van der Waals surface area contributed by atoms with Crippen molar-refractivity contribution in [3.8, 4) is 5.75 Å². The second-order valence-corrected chi connectivity index (χ2v) is 6.50. The largest absolute Gasteiger partial charge is 0.497 e. The molecule has 0 saturated carbocycles. The van der Waals surface area contributed by atoms with E-state index in [4.69, 9.17) is 9.47 Å². The zero-order valence-corrected chi connectivity index (χ0v) is 12.2. The summed E-state index contributed by atoms with van der Waals surface area (Å²) in [7, 11) is 1.70. The number of rotatable bonds is 3. The first-order valence-electron chi connectivity index (χ1n) is 6.92. The molecule has 0 radical (unpaired) electrons. The molecule has 0 bridgehead atoms. The van der Waals surface area contributed by atoms with Crippen molar-refractivity contribution in [1.29, 1.82) is 0 Å². The van der Waals surface area contributed by atoms with E-state index in [9.17, 15) is 0 Å². The Kier molecular flexibility index (Phi) is 3.89. The molecular weight excluding hydrogens is 258 g/mol. The van der Waals surface area contributed by atoms with Gasteiger partial charge in [-0.25, -0.2) is 0 Å². The van der Waals surface area contributed by atoms with Crippen LogP contribution in [0.25, 0.3) is 0 Å². The van der Waals surface area contributed by atoms with Crippen molar-refractivity contribution in [3.05, 3.63) is 24.3 Å². The summed E-state index contributed by atoms with van der Waals surface area (Å²) in [6, 6.07) is 8.71. The third-order valence-corrected chi connectivity index (χ3v) is 5.24. The van der Waals surface area contributed by atoms with Gasteiger partial charge in [0.05, 0.1) is 12.7 Å². The van der Waals surface area contributed by atoms with Gasteiger partial charge in [0, 0.05) is 24.1 Å². The summed E-state index contributed by atoms with van der Waals surface area (Å²) >= 11 is 2.02. The van der Waals surface area contributed by atoms with E-state index in [-0.39, 0.29) is 5.60 Å². The van der Waals surface area contributed by atoms with E-state index in [0.717, 1.165) is 31.0 Å². The van der Waals surface area contributed by atoms with Gasteiger partial charge >= 0.3 is 0 Å². The Bertz CT molecular complexity index is 415. The summed E-state index contributed by atoms with van der Waals surface area (Å²) in [6.07, 6.45) is 3.43. The molecule has 2 fully saturated rings. The molecule has 3 nitrogen and oxygen atoms in total. The van der Waals surface area contributed by atoms with Crippen molar-refractivity contribution in [2.75, 3.05) is 30.5 Å². The average molecular weight is 279 g/mol. The van der Waals surface area contributed by atoms with Crippen LogP contribution >= 0.6 is 11.8 Å². The van der Waals surface area contributed by atoms with Gasteiger partial charge in [-0.05, 0) is 49.3 Å². The molecule has 0 amide bonds. The van der Waals surface area contributed by atoms with E-state index in [1.807, 2.05) is 23.9 Å². The van der Waals surface area contributed by atoms with E-state index < -0.39 is 0 Å². The van der Waals surface area contributed by atoms with Crippen LogP contribution in [-0.2, 0) is 4.74 Å². The van der Waals surface area contributed by atoms with Gasteiger partial charge < -0.3 is 14.8 Å². The SMILES string of the molecule is COc1ccc(NC2CCOC3(CCSC3)C2)cc1. The number of ether oxygens (including phenoxy) is 2. The maximum atomic E-state index is 6.05. The van der Waals surface area contributed by atoms with Crippen LogP contribution in [0.15, 0.2) is 24.3 Å². The molecule has 3 rings (SSSR count). The minimum absolute atomic E-state index is 0.146. The zero-order chi connectivity index (χ0) is 13.1. The van der Waals surface area contributed by atoms with Gasteiger partial charge in [-0.1, -0.05) is 0 Å². The van der Waals surface area contributed by atoms with Crippen LogP contribution in [0.2, 0.25) is 0 Å². The smallest absolute Gasteiger partial charge is 0.119 e. The maximum absolute atomic E-state index is 6.05. The van der Waals surface area contributed by atoms with Crippen LogP contribution in [-0.4, -0.2) is 36.9 Å². The molecule has 19 heavy (non-hydrogen) atoms. The van der Waals surface area contributed by atoms with E-state index in [1.165, 1.54) is 17.9 Å². The Morgan fingerprint density at radius 1 is 1.37 bits per heavy atom. The van der Waals surface area contributed by atoms with Gasteiger partial charge in [0.25, 0.3) is 0 Å². The van der Waals surface area contributed by atoms with Gasteiger partial charge in [-0.15, -0.1) is 0 Å². The van der Waals surface area contributed by atoms with E-state index in [2.05, 4.69) is 17.4 Å². The number of hydrogen-bond acceptors (Lipinski definition) is 4. The summed E-state index contributed by atoms with van der Waals surface area (Å²) in [5.74, 6) is 3.31. The summed E-state index contributed by atoms with van der Waals surface area (Å²) in [6.45, 7) is 0.883. The topological polar surface area (TPSA) is 30.5 Å². The maximum Gasteiger partial charge on any atom is 0.119 e. The molecule has 2 saturated heterocycles. The third kappa shape index (κ3) is 3.00. The number of benzene rings is 1. The number of hydrogen-bond donors (Lipinski definition) is 1. The van der Waals surface area contributed by atoms with Crippen LogP contribution < -0.4 is 10.1 Å². The molecule has 4 heteroatoms. The highest BCUT2D eigenvalue weighted by Crippen LogP contribution is 2.39. The third-order valence-electron chi connectivity index (χ3n) is 4.02. The second-order valence-electron chi connectivity index (χ2n) is 5.40. The van der Waals surface area contributed by atoms with Crippen molar-refractivity contribution in [2.45, 2.75) is 30.9 Å². The highest BCUT2D eigenvalue weighted by Gasteiger charge is 2.40. The molecule has 0 aromatic heterocycles. The monoisotopic (exact) mass is 279 g/mol. The Morgan fingerprint density at radius 3 is 2.89 bits per heavy atom. The number of thioether (sulfide) groups is 1. The number of nitrogens with one attached hydrogen (secondary N) is 1. The predicted octanol–water partition coefficient (Wildman–Crippen LogP) is 3.16. The van der Waals surface area contributed by atoms with E-state index >= 15 is 0 Å². The zero-order valence-electron chi connectivity index (χ0n) is 11.4. The molecule has 2 aliphatic rings. The molecule has 2 heterocycles. The Labute approximate surface area is 119 Å². The molecule has 1 aromatic carbocycles. The van der Waals surface area contributed by atoms with Crippen LogP contribution in [0, 0.1) is 0 Å². The Morgan fingerprint density at radius 2 is 2.21 bits per heavy atom. The lowest BCUT2D eigenvalue weighted by molar-refractivity contribution is -0.0628. The van der Waals surface area contributed by atoms with Crippen LogP contribution in [0.3, 0.4) is 0 Å². The first-order chi connectivity index (χ1) is 9.30. The minimum Gasteiger partial charge on any atom is -0.497 e. The van der Waals surface area contributed by atoms with Crippen LogP contribution in [0.5, 0.6) is 5.75 Å². The summed E-state index contributed by atoms with van der Waals surface area (Å²) in [4.78, 5) is 0. The molecule has 1 N–H and O–H groups in total. The lowest BCUT2D eigenvalue weighted by Gasteiger charge is -2.38. The summed E-state index contributed by atoms with van der Waals surface area (Å²) in [5, 5.41) is 3.64. The van der Waals surface area contributed by atoms with Gasteiger partial charge in [0.2, 0.25) is 0 Å². The van der Waals surface area contributed by atoms with E-state index in [1.54, 1.807) is 7.11 Å². The standard InChI is InChI=1S/C15H21NO2S/c1-17-14-4-2-12(3-5-14)16-13-6-8-18-15(10-13)7-9-19-11-15/h2-5,13,16H,6-11H2,1H3. The fraction of sp³-hybridized carbons (Fsp3) is 0.600. The lowest BCUT2D eigenvalue weighted by atomic mass is 9.90. The van der Waals surface area contributed by atoms with Crippen molar-refractivity contribution in [2.24, 2.45) is 0 Å². The predicted molar refractivity (Wildman–Crippen MR) is 80.3 cm³/mol. The molecule has 2 atom stereocenters. The summed E-state index contributed by atoms with van der Waals surface area (Å²) < 4.78 is 11.2. The van der Waals surface area contributed by atoms with E-state index in [0.29, 0.717) is 6.04 Å². The van der Waals surface area contributed by atoms with Crippen molar-refractivity contribution >= 4 is 17.4 Å².